The highest BCUT2D eigenvalue weighted by atomic mass is 19.1. The number of benzene rings is 1. The molecular weight excluding hydrogens is 236 g/mol. The summed E-state index contributed by atoms with van der Waals surface area (Å²) < 4.78 is 36.7. The minimum absolute atomic E-state index is 0.223. The van der Waals surface area contributed by atoms with Crippen molar-refractivity contribution in [2.45, 2.75) is 20.0 Å². The first kappa shape index (κ1) is 13.1. The molecule has 0 aliphatic carbocycles. The van der Waals surface area contributed by atoms with Gasteiger partial charge in [-0.2, -0.15) is 8.78 Å². The average Bonchev–Trinajstić information content (AvgIpc) is 2.20. The monoisotopic (exact) mass is 247 g/mol. The standard InChI is InChI=1S/C10H11F2NO4/c1-5(2)17-10-7(16-3)4-6(11)9(8(10)12)13(14)15/h4-5H,1-3H3. The Hall–Kier alpha value is -1.92. The molecule has 0 saturated carbocycles. The molecule has 0 aliphatic heterocycles. The van der Waals surface area contributed by atoms with E-state index in [-0.39, 0.29) is 5.75 Å². The summed E-state index contributed by atoms with van der Waals surface area (Å²) >= 11 is 0. The summed E-state index contributed by atoms with van der Waals surface area (Å²) in [4.78, 5) is 9.37. The first-order chi connectivity index (χ1) is 7.88. The van der Waals surface area contributed by atoms with Gasteiger partial charge in [0.2, 0.25) is 17.4 Å². The third kappa shape index (κ3) is 2.61. The molecule has 1 aromatic rings. The summed E-state index contributed by atoms with van der Waals surface area (Å²) in [6, 6.07) is 0.721. The van der Waals surface area contributed by atoms with Crippen molar-refractivity contribution in [2.24, 2.45) is 0 Å². The zero-order chi connectivity index (χ0) is 13.2. The number of nitro groups is 1. The van der Waals surface area contributed by atoms with E-state index in [2.05, 4.69) is 0 Å². The maximum Gasteiger partial charge on any atom is 0.344 e. The van der Waals surface area contributed by atoms with E-state index in [1.807, 2.05) is 0 Å². The Kier molecular flexibility index (Phi) is 3.82. The molecule has 0 unspecified atom stereocenters. The molecule has 17 heavy (non-hydrogen) atoms. The van der Waals surface area contributed by atoms with Crippen LogP contribution >= 0.6 is 0 Å². The first-order valence-corrected chi connectivity index (χ1v) is 4.75. The molecule has 0 saturated heterocycles. The summed E-state index contributed by atoms with van der Waals surface area (Å²) in [6.07, 6.45) is -0.427. The lowest BCUT2D eigenvalue weighted by Gasteiger charge is -2.14. The summed E-state index contributed by atoms with van der Waals surface area (Å²) in [5.41, 5.74) is -1.25. The Balaban J connectivity index is 3.44. The minimum atomic E-state index is -1.37. The number of hydrogen-bond donors (Lipinski definition) is 0. The van der Waals surface area contributed by atoms with Crippen LogP contribution in [0, 0.1) is 21.7 Å². The van der Waals surface area contributed by atoms with Crippen molar-refractivity contribution >= 4 is 5.69 Å². The van der Waals surface area contributed by atoms with Gasteiger partial charge in [0.15, 0.2) is 5.75 Å². The third-order valence-electron chi connectivity index (χ3n) is 1.87. The molecular formula is C10H11F2NO4. The number of halogens is 2. The number of methoxy groups -OCH3 is 1. The van der Waals surface area contributed by atoms with E-state index >= 15 is 0 Å². The van der Waals surface area contributed by atoms with Crippen LogP contribution in [0.5, 0.6) is 11.5 Å². The fourth-order valence-corrected chi connectivity index (χ4v) is 1.23. The fraction of sp³-hybridized carbons (Fsp3) is 0.400. The highest BCUT2D eigenvalue weighted by Gasteiger charge is 2.29. The predicted molar refractivity (Wildman–Crippen MR) is 55.3 cm³/mol. The molecule has 1 rings (SSSR count). The second-order valence-electron chi connectivity index (χ2n) is 3.48. The van der Waals surface area contributed by atoms with E-state index in [0.29, 0.717) is 0 Å². The maximum absolute atomic E-state index is 13.7. The van der Waals surface area contributed by atoms with E-state index in [1.165, 1.54) is 7.11 Å². The number of nitrogens with zero attached hydrogens (tertiary/aromatic N) is 1. The van der Waals surface area contributed by atoms with E-state index in [9.17, 15) is 18.9 Å². The van der Waals surface area contributed by atoms with Crippen LogP contribution in [0.25, 0.3) is 0 Å². The maximum atomic E-state index is 13.7. The number of rotatable bonds is 4. The van der Waals surface area contributed by atoms with Crippen molar-refractivity contribution in [1.82, 2.24) is 0 Å². The van der Waals surface area contributed by atoms with Gasteiger partial charge in [-0.1, -0.05) is 0 Å². The third-order valence-corrected chi connectivity index (χ3v) is 1.87. The Morgan fingerprint density at radius 2 is 2.00 bits per heavy atom. The quantitative estimate of drug-likeness (QED) is 0.606. The van der Waals surface area contributed by atoms with Crippen LogP contribution in [0.1, 0.15) is 13.8 Å². The molecule has 1 aromatic carbocycles. The van der Waals surface area contributed by atoms with Gasteiger partial charge in [-0.05, 0) is 13.8 Å². The average molecular weight is 247 g/mol. The van der Waals surface area contributed by atoms with E-state index in [1.54, 1.807) is 13.8 Å². The summed E-state index contributed by atoms with van der Waals surface area (Å²) in [7, 11) is 1.19. The largest absolute Gasteiger partial charge is 0.493 e. The van der Waals surface area contributed by atoms with Gasteiger partial charge in [0.25, 0.3) is 0 Å². The van der Waals surface area contributed by atoms with Crippen LogP contribution in [0.3, 0.4) is 0 Å². The minimum Gasteiger partial charge on any atom is -0.493 e. The fourth-order valence-electron chi connectivity index (χ4n) is 1.23. The van der Waals surface area contributed by atoms with Crippen molar-refractivity contribution in [3.63, 3.8) is 0 Å². The Morgan fingerprint density at radius 1 is 1.41 bits per heavy atom. The summed E-state index contributed by atoms with van der Waals surface area (Å²) in [5.74, 6) is -3.36. The number of hydrogen-bond acceptors (Lipinski definition) is 4. The molecule has 94 valence electrons. The lowest BCUT2D eigenvalue weighted by molar-refractivity contribution is -0.390. The molecule has 0 fully saturated rings. The molecule has 0 bridgehead atoms. The number of ether oxygens (including phenoxy) is 2. The van der Waals surface area contributed by atoms with Crippen LogP contribution in [-0.4, -0.2) is 18.1 Å². The van der Waals surface area contributed by atoms with Crippen LogP contribution in [0.4, 0.5) is 14.5 Å². The topological polar surface area (TPSA) is 61.6 Å². The molecule has 0 aliphatic rings. The zero-order valence-electron chi connectivity index (χ0n) is 9.49. The van der Waals surface area contributed by atoms with Crippen LogP contribution < -0.4 is 9.47 Å². The lowest BCUT2D eigenvalue weighted by Crippen LogP contribution is -2.10. The molecule has 5 nitrogen and oxygen atoms in total. The van der Waals surface area contributed by atoms with Crippen LogP contribution in [0.2, 0.25) is 0 Å². The lowest BCUT2D eigenvalue weighted by atomic mass is 10.2. The van der Waals surface area contributed by atoms with E-state index < -0.39 is 34.1 Å². The second-order valence-corrected chi connectivity index (χ2v) is 3.48. The molecule has 0 amide bonds. The summed E-state index contributed by atoms with van der Waals surface area (Å²) in [6.45, 7) is 3.21. The predicted octanol–water partition coefficient (Wildman–Crippen LogP) is 2.67. The van der Waals surface area contributed by atoms with Crippen molar-refractivity contribution in [1.29, 1.82) is 0 Å². The van der Waals surface area contributed by atoms with Gasteiger partial charge in [0.05, 0.1) is 18.1 Å². The Bertz CT molecular complexity index is 448. The number of nitro benzene ring substituents is 1. The SMILES string of the molecule is COc1cc(F)c([N+](=O)[O-])c(F)c1OC(C)C. The highest BCUT2D eigenvalue weighted by molar-refractivity contribution is 5.51. The van der Waals surface area contributed by atoms with Crippen LogP contribution in [-0.2, 0) is 0 Å². The van der Waals surface area contributed by atoms with Gasteiger partial charge < -0.3 is 9.47 Å². The van der Waals surface area contributed by atoms with Gasteiger partial charge in [-0.25, -0.2) is 0 Å². The molecule has 0 aromatic heterocycles. The molecule has 0 radical (unpaired) electrons. The second kappa shape index (κ2) is 4.94. The van der Waals surface area contributed by atoms with E-state index in [0.717, 1.165) is 6.07 Å². The van der Waals surface area contributed by atoms with Gasteiger partial charge in [-0.15, -0.1) is 0 Å². The van der Waals surface area contributed by atoms with Crippen molar-refractivity contribution in [2.75, 3.05) is 7.11 Å². The normalized spacial score (nSPS) is 10.5. The summed E-state index contributed by atoms with van der Waals surface area (Å²) in [5, 5.41) is 10.5. The van der Waals surface area contributed by atoms with Gasteiger partial charge >= 0.3 is 5.69 Å². The van der Waals surface area contributed by atoms with Gasteiger partial charge in [0.1, 0.15) is 0 Å². The van der Waals surface area contributed by atoms with Gasteiger partial charge in [-0.3, -0.25) is 10.1 Å². The van der Waals surface area contributed by atoms with Crippen molar-refractivity contribution in [3.8, 4) is 11.5 Å². The first-order valence-electron chi connectivity index (χ1n) is 4.75. The molecule has 0 heterocycles. The molecule has 0 spiro atoms. The van der Waals surface area contributed by atoms with Crippen LogP contribution in [0.15, 0.2) is 6.07 Å². The molecule has 0 N–H and O–H groups in total. The molecule has 7 heteroatoms. The zero-order valence-corrected chi connectivity index (χ0v) is 9.49. The smallest absolute Gasteiger partial charge is 0.344 e. The molecule has 0 atom stereocenters. The Morgan fingerprint density at radius 3 is 2.41 bits per heavy atom. The Labute approximate surface area is 96.1 Å². The van der Waals surface area contributed by atoms with Gasteiger partial charge in [0, 0.05) is 6.07 Å². The highest BCUT2D eigenvalue weighted by Crippen LogP contribution is 2.38. The van der Waals surface area contributed by atoms with Crippen molar-refractivity contribution in [3.05, 3.63) is 27.8 Å². The van der Waals surface area contributed by atoms with Crippen molar-refractivity contribution < 1.29 is 23.2 Å². The van der Waals surface area contributed by atoms with E-state index in [4.69, 9.17) is 9.47 Å².